The number of H-pyrrole nitrogens is 1. The van der Waals surface area contributed by atoms with Crippen molar-refractivity contribution in [3.63, 3.8) is 0 Å². The normalized spacial score (nSPS) is 20.1. The maximum atomic E-state index is 12.9. The number of aromatic nitrogens is 3. The fraction of sp³-hybridized carbons (Fsp3) is 0.350. The van der Waals surface area contributed by atoms with E-state index < -0.39 is 0 Å². The monoisotopic (exact) mass is 363 g/mol. The second-order valence-corrected chi connectivity index (χ2v) is 7.29. The number of aromatic amines is 1. The van der Waals surface area contributed by atoms with E-state index in [2.05, 4.69) is 10.1 Å². The number of amides is 2. The highest BCUT2D eigenvalue weighted by Crippen LogP contribution is 2.27. The number of hydrogen-bond donors (Lipinski definition) is 1. The first kappa shape index (κ1) is 16.1. The third-order valence-corrected chi connectivity index (χ3v) is 5.56. The van der Waals surface area contributed by atoms with Crippen LogP contribution in [0, 0.1) is 0 Å². The molecule has 2 aromatic heterocycles. The van der Waals surface area contributed by atoms with Gasteiger partial charge in [-0.3, -0.25) is 14.3 Å². The quantitative estimate of drug-likeness (QED) is 0.777. The summed E-state index contributed by atoms with van der Waals surface area (Å²) in [6.07, 6.45) is 6.07. The summed E-state index contributed by atoms with van der Waals surface area (Å²) in [7, 11) is 0. The van der Waals surface area contributed by atoms with Crippen LogP contribution >= 0.6 is 0 Å². The summed E-state index contributed by atoms with van der Waals surface area (Å²) in [5.74, 6) is 0.187. The number of carbonyl (C=O) groups is 2. The molecule has 4 heterocycles. The van der Waals surface area contributed by atoms with Crippen molar-refractivity contribution >= 4 is 28.4 Å². The summed E-state index contributed by atoms with van der Waals surface area (Å²) < 4.78 is 1.90. The minimum absolute atomic E-state index is 0.0239. The van der Waals surface area contributed by atoms with E-state index in [4.69, 9.17) is 0 Å². The summed E-state index contributed by atoms with van der Waals surface area (Å²) in [5, 5.41) is 5.50. The van der Waals surface area contributed by atoms with Crippen LogP contribution in [0.1, 0.15) is 35.8 Å². The van der Waals surface area contributed by atoms with Gasteiger partial charge in [-0.2, -0.15) is 5.10 Å². The predicted molar refractivity (Wildman–Crippen MR) is 102 cm³/mol. The standard InChI is InChI=1S/C20H21N5O2/c26-19-6-3-8-24(19)16-11-21-25(13-16)15-7-9-23(12-15)20(27)18-10-14-4-1-2-5-17(14)22-18/h1-2,4-5,10-11,13,15,22H,3,6-9,12H2. The largest absolute Gasteiger partial charge is 0.351 e. The van der Waals surface area contributed by atoms with Gasteiger partial charge in [-0.15, -0.1) is 0 Å². The van der Waals surface area contributed by atoms with Crippen molar-refractivity contribution < 1.29 is 9.59 Å². The summed E-state index contributed by atoms with van der Waals surface area (Å²) in [6, 6.07) is 9.96. The molecule has 2 aliphatic rings. The first-order chi connectivity index (χ1) is 13.2. The SMILES string of the molecule is O=C(c1cc2ccccc2[nH]1)N1CCC(n2cc(N3CCCC3=O)cn2)C1. The molecule has 138 valence electrons. The molecular formula is C20H21N5O2. The average molecular weight is 363 g/mol. The van der Waals surface area contributed by atoms with Crippen molar-refractivity contribution in [2.24, 2.45) is 0 Å². The lowest BCUT2D eigenvalue weighted by Crippen LogP contribution is -2.29. The maximum absolute atomic E-state index is 12.9. The van der Waals surface area contributed by atoms with E-state index in [1.54, 1.807) is 11.1 Å². The molecule has 0 saturated carbocycles. The van der Waals surface area contributed by atoms with Gasteiger partial charge in [-0.05, 0) is 25.0 Å². The van der Waals surface area contributed by atoms with Crippen molar-refractivity contribution in [1.82, 2.24) is 19.7 Å². The maximum Gasteiger partial charge on any atom is 0.270 e. The lowest BCUT2D eigenvalue weighted by molar-refractivity contribution is -0.117. The highest BCUT2D eigenvalue weighted by molar-refractivity contribution is 5.98. The number of carbonyl (C=O) groups excluding carboxylic acids is 2. The zero-order valence-electron chi connectivity index (χ0n) is 15.0. The Morgan fingerprint density at radius 3 is 2.93 bits per heavy atom. The van der Waals surface area contributed by atoms with Gasteiger partial charge < -0.3 is 14.8 Å². The molecule has 3 aromatic rings. The Labute approximate surface area is 156 Å². The van der Waals surface area contributed by atoms with E-state index in [-0.39, 0.29) is 17.9 Å². The average Bonchev–Trinajstić information content (AvgIpc) is 3.44. The van der Waals surface area contributed by atoms with Crippen molar-refractivity contribution in [3.05, 3.63) is 48.4 Å². The number of nitrogens with one attached hydrogen (secondary N) is 1. The Morgan fingerprint density at radius 2 is 2.11 bits per heavy atom. The molecule has 2 amide bonds. The van der Waals surface area contributed by atoms with E-state index in [1.165, 1.54) is 0 Å². The second-order valence-electron chi connectivity index (χ2n) is 7.29. The van der Waals surface area contributed by atoms with Gasteiger partial charge in [0.15, 0.2) is 0 Å². The Kier molecular flexibility index (Phi) is 3.74. The lowest BCUT2D eigenvalue weighted by Gasteiger charge is -2.16. The predicted octanol–water partition coefficient (Wildman–Crippen LogP) is 2.58. The van der Waals surface area contributed by atoms with E-state index >= 15 is 0 Å². The summed E-state index contributed by atoms with van der Waals surface area (Å²) in [6.45, 7) is 2.10. The van der Waals surface area contributed by atoms with Gasteiger partial charge in [0.2, 0.25) is 5.91 Å². The first-order valence-electron chi connectivity index (χ1n) is 9.40. The topological polar surface area (TPSA) is 74.2 Å². The van der Waals surface area contributed by atoms with E-state index in [9.17, 15) is 9.59 Å². The molecule has 5 rings (SSSR count). The molecular weight excluding hydrogens is 342 g/mol. The molecule has 7 nitrogen and oxygen atoms in total. The summed E-state index contributed by atoms with van der Waals surface area (Å²) in [4.78, 5) is 31.7. The Bertz CT molecular complexity index is 987. The molecule has 27 heavy (non-hydrogen) atoms. The zero-order chi connectivity index (χ0) is 18.4. The van der Waals surface area contributed by atoms with Crippen molar-refractivity contribution in [2.45, 2.75) is 25.3 Å². The number of anilines is 1. The van der Waals surface area contributed by atoms with E-state index in [0.717, 1.165) is 36.0 Å². The molecule has 1 atom stereocenters. The summed E-state index contributed by atoms with van der Waals surface area (Å²) >= 11 is 0. The summed E-state index contributed by atoms with van der Waals surface area (Å²) in [5.41, 5.74) is 2.46. The minimum atomic E-state index is 0.0239. The molecule has 7 heteroatoms. The Morgan fingerprint density at radius 1 is 1.22 bits per heavy atom. The highest BCUT2D eigenvalue weighted by atomic mass is 16.2. The molecule has 2 aliphatic heterocycles. The lowest BCUT2D eigenvalue weighted by atomic mass is 10.2. The van der Waals surface area contributed by atoms with Crippen LogP contribution in [0.2, 0.25) is 0 Å². The van der Waals surface area contributed by atoms with Crippen molar-refractivity contribution in [3.8, 4) is 0 Å². The number of likely N-dealkylation sites (tertiary alicyclic amines) is 1. The van der Waals surface area contributed by atoms with Gasteiger partial charge >= 0.3 is 0 Å². The van der Waals surface area contributed by atoms with E-state index in [1.807, 2.05) is 46.1 Å². The molecule has 1 unspecified atom stereocenters. The van der Waals surface area contributed by atoms with Crippen LogP contribution in [0.25, 0.3) is 10.9 Å². The molecule has 0 aliphatic carbocycles. The Hall–Kier alpha value is -3.09. The Balaban J connectivity index is 1.30. The number of para-hydroxylation sites is 1. The molecule has 1 aromatic carbocycles. The number of hydrogen-bond acceptors (Lipinski definition) is 3. The van der Waals surface area contributed by atoms with Gasteiger partial charge in [-0.25, -0.2) is 0 Å². The molecule has 2 fully saturated rings. The fourth-order valence-corrected chi connectivity index (χ4v) is 4.09. The fourth-order valence-electron chi connectivity index (χ4n) is 4.09. The van der Waals surface area contributed by atoms with Crippen molar-refractivity contribution in [2.75, 3.05) is 24.5 Å². The second kappa shape index (κ2) is 6.26. The van der Waals surface area contributed by atoms with Crippen LogP contribution in [0.15, 0.2) is 42.7 Å². The molecule has 2 saturated heterocycles. The number of fused-ring (bicyclic) bond motifs is 1. The third kappa shape index (κ3) is 2.79. The molecule has 1 N–H and O–H groups in total. The van der Waals surface area contributed by atoms with E-state index in [0.29, 0.717) is 25.2 Å². The van der Waals surface area contributed by atoms with Gasteiger partial charge in [0, 0.05) is 43.2 Å². The highest BCUT2D eigenvalue weighted by Gasteiger charge is 2.30. The smallest absolute Gasteiger partial charge is 0.270 e. The first-order valence-corrected chi connectivity index (χ1v) is 9.40. The van der Waals surface area contributed by atoms with Gasteiger partial charge in [0.05, 0.1) is 17.9 Å². The molecule has 0 spiro atoms. The molecule has 0 radical (unpaired) electrons. The van der Waals surface area contributed by atoms with Crippen LogP contribution < -0.4 is 4.90 Å². The van der Waals surface area contributed by atoms with Crippen LogP contribution in [0.3, 0.4) is 0 Å². The number of rotatable bonds is 3. The van der Waals surface area contributed by atoms with Crippen molar-refractivity contribution in [1.29, 1.82) is 0 Å². The van der Waals surface area contributed by atoms with Crippen LogP contribution in [-0.2, 0) is 4.79 Å². The third-order valence-electron chi connectivity index (χ3n) is 5.56. The van der Waals surface area contributed by atoms with Crippen LogP contribution in [0.5, 0.6) is 0 Å². The zero-order valence-corrected chi connectivity index (χ0v) is 15.0. The molecule has 0 bridgehead atoms. The van der Waals surface area contributed by atoms with Gasteiger partial charge in [0.1, 0.15) is 5.69 Å². The van der Waals surface area contributed by atoms with Gasteiger partial charge in [0.25, 0.3) is 5.91 Å². The van der Waals surface area contributed by atoms with Crippen LogP contribution in [-0.4, -0.2) is 51.1 Å². The van der Waals surface area contributed by atoms with Gasteiger partial charge in [-0.1, -0.05) is 18.2 Å². The van der Waals surface area contributed by atoms with Crippen LogP contribution in [0.4, 0.5) is 5.69 Å². The number of benzene rings is 1. The number of nitrogens with zero attached hydrogens (tertiary/aromatic N) is 4. The minimum Gasteiger partial charge on any atom is -0.351 e.